The van der Waals surface area contributed by atoms with Crippen LogP contribution in [0, 0.1) is 17.8 Å². The fourth-order valence-corrected chi connectivity index (χ4v) is 5.86. The normalized spacial score (nSPS) is 44.8. The summed E-state index contributed by atoms with van der Waals surface area (Å²) in [7, 11) is 2.84. The van der Waals surface area contributed by atoms with Gasteiger partial charge in [0.1, 0.15) is 36.6 Å². The van der Waals surface area contributed by atoms with Crippen molar-refractivity contribution in [3.05, 3.63) is 0 Å². The maximum Gasteiger partial charge on any atom is 0.110 e. The molecule has 3 aliphatic rings. The van der Waals surface area contributed by atoms with Crippen LogP contribution in [0.15, 0.2) is 0 Å². The Morgan fingerprint density at radius 2 is 0.714 bits per heavy atom. The molecule has 0 bridgehead atoms. The summed E-state index contributed by atoms with van der Waals surface area (Å²) in [5.74, 6) is -2.32. The number of methoxy groups -OCH3 is 2. The van der Waals surface area contributed by atoms with Crippen molar-refractivity contribution in [3.63, 3.8) is 0 Å². The van der Waals surface area contributed by atoms with Gasteiger partial charge in [-0.3, -0.25) is 0 Å². The minimum absolute atomic E-state index is 0.0178. The molecule has 3 rings (SSSR count). The van der Waals surface area contributed by atoms with E-state index in [4.69, 9.17) is 33.2 Å². The highest BCUT2D eigenvalue weighted by atomic mass is 16.6. The van der Waals surface area contributed by atoms with Crippen molar-refractivity contribution in [2.24, 2.45) is 17.8 Å². The predicted octanol–water partition coefficient (Wildman–Crippen LogP) is -5.39. The van der Waals surface area contributed by atoms with E-state index in [0.717, 1.165) is 0 Å². The molecule has 0 saturated carbocycles. The third-order valence-corrected chi connectivity index (χ3v) is 8.40. The molecule has 16 nitrogen and oxygen atoms in total. The first-order chi connectivity index (χ1) is 20.1. The molecule has 3 fully saturated rings. The highest BCUT2D eigenvalue weighted by Crippen LogP contribution is 2.31. The van der Waals surface area contributed by atoms with Gasteiger partial charge in [0, 0.05) is 32.0 Å². The molecule has 3 saturated heterocycles. The molecule has 0 aromatic heterocycles. The molecule has 16 heteroatoms. The van der Waals surface area contributed by atoms with Gasteiger partial charge >= 0.3 is 0 Å². The lowest BCUT2D eigenvalue weighted by Crippen LogP contribution is -2.59. The Balaban J connectivity index is 1.51. The first-order valence-corrected chi connectivity index (χ1v) is 14.1. The summed E-state index contributed by atoms with van der Waals surface area (Å²) in [6.45, 7) is -2.11. The van der Waals surface area contributed by atoms with Crippen molar-refractivity contribution in [1.29, 1.82) is 0 Å². The van der Waals surface area contributed by atoms with Crippen molar-refractivity contribution >= 4 is 0 Å². The Hall–Kier alpha value is -0.640. The minimum atomic E-state index is -1.44. The second kappa shape index (κ2) is 17.2. The van der Waals surface area contributed by atoms with Crippen molar-refractivity contribution < 1.29 is 79.1 Å². The number of aliphatic hydroxyl groups is 9. The number of aliphatic hydroxyl groups excluding tert-OH is 9. The molecule has 3 aliphatic heterocycles. The third kappa shape index (κ3) is 8.33. The van der Waals surface area contributed by atoms with Crippen LogP contribution in [0.5, 0.6) is 0 Å². The van der Waals surface area contributed by atoms with E-state index in [1.807, 2.05) is 0 Å². The van der Waals surface area contributed by atoms with Crippen LogP contribution in [0.25, 0.3) is 0 Å². The highest BCUT2D eigenvalue weighted by molar-refractivity contribution is 4.95. The van der Waals surface area contributed by atoms with E-state index in [-0.39, 0.29) is 39.6 Å². The van der Waals surface area contributed by atoms with E-state index < -0.39 is 111 Å². The van der Waals surface area contributed by atoms with E-state index in [9.17, 15) is 46.0 Å². The molecule has 0 aromatic rings. The van der Waals surface area contributed by atoms with E-state index in [0.29, 0.717) is 0 Å². The molecule has 0 spiro atoms. The molecule has 42 heavy (non-hydrogen) atoms. The summed E-state index contributed by atoms with van der Waals surface area (Å²) in [5, 5.41) is 92.6. The van der Waals surface area contributed by atoms with Crippen molar-refractivity contribution in [2.45, 2.75) is 73.2 Å². The molecule has 0 aromatic carbocycles. The molecular formula is C26H48O16. The Bertz CT molecular complexity index is 758. The van der Waals surface area contributed by atoms with E-state index in [1.54, 1.807) is 0 Å². The maximum atomic E-state index is 10.8. The number of rotatable bonds is 15. The van der Waals surface area contributed by atoms with Crippen LogP contribution < -0.4 is 0 Å². The standard InChI is InChI=1S/C26H48O16/c1-36-6-12-15(3-27)41-19(25(34)21(12)30)10-39-8-14-17(5-29)42-20(26(35)23(14)32)11-38-7-13-16(4-28)40-18(9-37-2)24(33)22(13)31/h12-35H,3-11H2,1-2H3/t12-,13-,14-,15?,16?,17?,18+,19+,20+,21-,22-,23-,24?,25?,26?/m1/s1. The largest absolute Gasteiger partial charge is 0.394 e. The van der Waals surface area contributed by atoms with Crippen molar-refractivity contribution in [3.8, 4) is 0 Å². The van der Waals surface area contributed by atoms with Crippen molar-refractivity contribution in [1.82, 2.24) is 0 Å². The molecule has 6 unspecified atom stereocenters. The monoisotopic (exact) mass is 616 g/mol. The minimum Gasteiger partial charge on any atom is -0.394 e. The lowest BCUT2D eigenvalue weighted by molar-refractivity contribution is -0.248. The average molecular weight is 617 g/mol. The van der Waals surface area contributed by atoms with Gasteiger partial charge < -0.3 is 79.1 Å². The molecule has 0 amide bonds. The third-order valence-electron chi connectivity index (χ3n) is 8.40. The zero-order chi connectivity index (χ0) is 31.0. The zero-order valence-electron chi connectivity index (χ0n) is 23.9. The first-order valence-electron chi connectivity index (χ1n) is 14.1. The maximum absolute atomic E-state index is 10.8. The summed E-state index contributed by atoms with van der Waals surface area (Å²) < 4.78 is 38.4. The van der Waals surface area contributed by atoms with Crippen LogP contribution in [0.1, 0.15) is 0 Å². The second-order valence-corrected chi connectivity index (χ2v) is 11.1. The van der Waals surface area contributed by atoms with Gasteiger partial charge in [-0.2, -0.15) is 0 Å². The van der Waals surface area contributed by atoms with Gasteiger partial charge in [0.05, 0.1) is 96.1 Å². The fraction of sp³-hybridized carbons (Fsp3) is 1.00. The molecule has 0 aliphatic carbocycles. The zero-order valence-corrected chi connectivity index (χ0v) is 23.9. The van der Waals surface area contributed by atoms with Gasteiger partial charge in [-0.15, -0.1) is 0 Å². The Kier molecular flexibility index (Phi) is 14.6. The number of ether oxygens (including phenoxy) is 7. The van der Waals surface area contributed by atoms with Crippen LogP contribution in [0.3, 0.4) is 0 Å². The van der Waals surface area contributed by atoms with Crippen molar-refractivity contribution in [2.75, 3.05) is 73.7 Å². The molecule has 0 radical (unpaired) electrons. The second-order valence-electron chi connectivity index (χ2n) is 11.1. The summed E-state index contributed by atoms with van der Waals surface area (Å²) in [6, 6.07) is 0. The molecule has 3 heterocycles. The van der Waals surface area contributed by atoms with E-state index in [1.165, 1.54) is 14.2 Å². The summed E-state index contributed by atoms with van der Waals surface area (Å²) in [5.41, 5.74) is 0. The lowest BCUT2D eigenvalue weighted by Gasteiger charge is -2.44. The van der Waals surface area contributed by atoms with Gasteiger partial charge in [0.25, 0.3) is 0 Å². The van der Waals surface area contributed by atoms with Crippen LogP contribution >= 0.6 is 0 Å². The first kappa shape index (κ1) is 35.8. The van der Waals surface area contributed by atoms with E-state index in [2.05, 4.69) is 0 Å². The lowest BCUT2D eigenvalue weighted by atomic mass is 9.86. The summed E-state index contributed by atoms with van der Waals surface area (Å²) >= 11 is 0. The summed E-state index contributed by atoms with van der Waals surface area (Å²) in [4.78, 5) is 0. The smallest absolute Gasteiger partial charge is 0.110 e. The quantitative estimate of drug-likeness (QED) is 0.0833. The van der Waals surface area contributed by atoms with Crippen LogP contribution in [-0.2, 0) is 33.2 Å². The number of hydrogen-bond donors (Lipinski definition) is 9. The van der Waals surface area contributed by atoms with Gasteiger partial charge in [-0.25, -0.2) is 0 Å². The van der Waals surface area contributed by atoms with Gasteiger partial charge in [0.2, 0.25) is 0 Å². The molecular weight excluding hydrogens is 568 g/mol. The fourth-order valence-electron chi connectivity index (χ4n) is 5.86. The Morgan fingerprint density at radius 1 is 0.405 bits per heavy atom. The predicted molar refractivity (Wildman–Crippen MR) is 139 cm³/mol. The van der Waals surface area contributed by atoms with Crippen LogP contribution in [0.4, 0.5) is 0 Å². The SMILES string of the molecule is COC[C@@H]1OC(CO)[C@@H](COC[C@@H]2OC(CO)[C@@H](COC[C@@H]3OC(CO)[C@@H](COC)[C@@H](O)C3O)[C@@H](O)C2O)[C@@H](O)C1O. The van der Waals surface area contributed by atoms with Gasteiger partial charge in [0.15, 0.2) is 0 Å². The van der Waals surface area contributed by atoms with Gasteiger partial charge in [-0.1, -0.05) is 0 Å². The molecule has 15 atom stereocenters. The highest BCUT2D eigenvalue weighted by Gasteiger charge is 2.47. The van der Waals surface area contributed by atoms with Crippen LogP contribution in [-0.4, -0.2) is 193 Å². The molecule has 248 valence electrons. The summed E-state index contributed by atoms with van der Waals surface area (Å²) in [6.07, 6.45) is -13.4. The Morgan fingerprint density at radius 3 is 1.02 bits per heavy atom. The van der Waals surface area contributed by atoms with E-state index >= 15 is 0 Å². The topological polar surface area (TPSA) is 247 Å². The van der Waals surface area contributed by atoms with Gasteiger partial charge in [-0.05, 0) is 0 Å². The number of hydrogen-bond acceptors (Lipinski definition) is 16. The average Bonchev–Trinajstić information content (AvgIpc) is 2.99. The Labute approximate surface area is 244 Å². The molecule has 9 N–H and O–H groups in total. The van der Waals surface area contributed by atoms with Crippen LogP contribution in [0.2, 0.25) is 0 Å².